The molecule has 0 amide bonds. The zero-order valence-electron chi connectivity index (χ0n) is 11.9. The summed E-state index contributed by atoms with van der Waals surface area (Å²) in [6.07, 6.45) is 0.759. The lowest BCUT2D eigenvalue weighted by Crippen LogP contribution is -2.43. The number of halogens is 1. The molecule has 0 aromatic heterocycles. The van der Waals surface area contributed by atoms with Gasteiger partial charge in [0.05, 0.1) is 4.90 Å². The molecule has 0 radical (unpaired) electrons. The van der Waals surface area contributed by atoms with Gasteiger partial charge < -0.3 is 0 Å². The van der Waals surface area contributed by atoms with Crippen LogP contribution in [0.25, 0.3) is 0 Å². The Hall–Kier alpha value is -0.390. The summed E-state index contributed by atoms with van der Waals surface area (Å²) in [7, 11) is -3.45. The molecule has 1 atom stereocenters. The summed E-state index contributed by atoms with van der Waals surface area (Å²) in [5.41, 5.74) is 0.928. The third-order valence-electron chi connectivity index (χ3n) is 3.07. The maximum absolute atomic E-state index is 12.3. The summed E-state index contributed by atoms with van der Waals surface area (Å²) in [6, 6.07) is 6.81. The van der Waals surface area contributed by atoms with E-state index in [2.05, 4.69) is 20.7 Å². The molecule has 0 heterocycles. The molecule has 108 valence electrons. The van der Waals surface area contributed by atoms with E-state index in [1.807, 2.05) is 39.8 Å². The summed E-state index contributed by atoms with van der Waals surface area (Å²) in [5.74, 6) is 0. The van der Waals surface area contributed by atoms with E-state index in [0.29, 0.717) is 4.90 Å². The van der Waals surface area contributed by atoms with E-state index in [1.54, 1.807) is 12.1 Å². The quantitative estimate of drug-likeness (QED) is 0.828. The van der Waals surface area contributed by atoms with E-state index < -0.39 is 10.0 Å². The van der Waals surface area contributed by atoms with Crippen molar-refractivity contribution in [1.82, 2.24) is 4.72 Å². The van der Waals surface area contributed by atoms with Crippen LogP contribution in [0.1, 0.15) is 32.8 Å². The van der Waals surface area contributed by atoms with Crippen molar-refractivity contribution < 1.29 is 8.42 Å². The molecule has 1 aromatic carbocycles. The fraction of sp³-hybridized carbons (Fsp3) is 0.571. The maximum Gasteiger partial charge on any atom is 0.240 e. The Kier molecular flexibility index (Phi) is 5.59. The predicted molar refractivity (Wildman–Crippen MR) is 83.2 cm³/mol. The molecule has 0 aliphatic heterocycles. The number of nitrogens with one attached hydrogen (secondary N) is 1. The van der Waals surface area contributed by atoms with Crippen molar-refractivity contribution in [2.24, 2.45) is 5.41 Å². The first-order chi connectivity index (χ1) is 8.66. The molecule has 0 saturated carbocycles. The third-order valence-corrected chi connectivity index (χ3v) is 5.02. The zero-order valence-corrected chi connectivity index (χ0v) is 14.3. The summed E-state index contributed by atoms with van der Waals surface area (Å²) in [5, 5.41) is 0.769. The predicted octanol–water partition coefficient (Wildman–Crippen LogP) is 3.47. The molecule has 5 heteroatoms. The van der Waals surface area contributed by atoms with Gasteiger partial charge >= 0.3 is 0 Å². The summed E-state index contributed by atoms with van der Waals surface area (Å²) >= 11 is 3.38. The van der Waals surface area contributed by atoms with Crippen molar-refractivity contribution in [1.29, 1.82) is 0 Å². The van der Waals surface area contributed by atoms with E-state index >= 15 is 0 Å². The first kappa shape index (κ1) is 16.7. The largest absolute Gasteiger partial charge is 0.240 e. The Morgan fingerprint density at radius 3 is 2.16 bits per heavy atom. The number of sulfonamides is 1. The van der Waals surface area contributed by atoms with Crippen LogP contribution in [-0.2, 0) is 10.0 Å². The van der Waals surface area contributed by atoms with Gasteiger partial charge in [0, 0.05) is 11.4 Å². The third kappa shape index (κ3) is 4.89. The number of rotatable bonds is 5. The molecule has 0 aliphatic rings. The second-order valence-electron chi connectivity index (χ2n) is 5.83. The van der Waals surface area contributed by atoms with Crippen molar-refractivity contribution in [3.63, 3.8) is 0 Å². The summed E-state index contributed by atoms with van der Waals surface area (Å²) in [6.45, 7) is 8.06. The second-order valence-corrected chi connectivity index (χ2v) is 8.34. The van der Waals surface area contributed by atoms with E-state index in [4.69, 9.17) is 0 Å². The average molecular weight is 348 g/mol. The molecule has 0 saturated heterocycles. The van der Waals surface area contributed by atoms with Gasteiger partial charge in [0.1, 0.15) is 0 Å². The zero-order chi connectivity index (χ0) is 14.7. The van der Waals surface area contributed by atoms with Crippen molar-refractivity contribution in [3.8, 4) is 0 Å². The van der Waals surface area contributed by atoms with Crippen molar-refractivity contribution in [3.05, 3.63) is 29.8 Å². The molecule has 1 aromatic rings. The second kappa shape index (κ2) is 6.37. The lowest BCUT2D eigenvalue weighted by molar-refractivity contribution is 0.293. The molecule has 0 bridgehead atoms. The maximum atomic E-state index is 12.3. The molecule has 1 unspecified atom stereocenters. The molecule has 19 heavy (non-hydrogen) atoms. The van der Waals surface area contributed by atoms with E-state index in [1.165, 1.54) is 0 Å². The lowest BCUT2D eigenvalue weighted by Gasteiger charge is -2.30. The van der Waals surface area contributed by atoms with Gasteiger partial charge in [-0.05, 0) is 30.9 Å². The van der Waals surface area contributed by atoms with Gasteiger partial charge in [-0.25, -0.2) is 13.1 Å². The highest BCUT2D eigenvalue weighted by Gasteiger charge is 2.28. The minimum Gasteiger partial charge on any atom is -0.208 e. The molecule has 0 spiro atoms. The number of benzene rings is 1. The number of aryl methyl sites for hydroxylation is 1. The van der Waals surface area contributed by atoms with Crippen LogP contribution >= 0.6 is 15.9 Å². The Bertz CT molecular complexity index is 503. The first-order valence-electron chi connectivity index (χ1n) is 6.32. The van der Waals surface area contributed by atoms with Gasteiger partial charge in [-0.3, -0.25) is 0 Å². The van der Waals surface area contributed by atoms with Gasteiger partial charge in [-0.1, -0.05) is 54.4 Å². The lowest BCUT2D eigenvalue weighted by atomic mass is 9.86. The minimum atomic E-state index is -3.45. The molecule has 1 rings (SSSR count). The standard InChI is InChI=1S/C14H22BrNO2S/c1-11-5-7-12(8-6-11)19(17,18)16-13(9-10-15)14(2,3)4/h5-8,13,16H,9-10H2,1-4H3. The SMILES string of the molecule is Cc1ccc(S(=O)(=O)NC(CCBr)C(C)(C)C)cc1. The fourth-order valence-electron chi connectivity index (χ4n) is 1.75. The van der Waals surface area contributed by atoms with Crippen LogP contribution in [0.2, 0.25) is 0 Å². The molecule has 1 N–H and O–H groups in total. The first-order valence-corrected chi connectivity index (χ1v) is 8.92. The average Bonchev–Trinajstić information content (AvgIpc) is 2.27. The highest BCUT2D eigenvalue weighted by molar-refractivity contribution is 9.09. The summed E-state index contributed by atoms with van der Waals surface area (Å²) in [4.78, 5) is 0.321. The van der Waals surface area contributed by atoms with E-state index in [9.17, 15) is 8.42 Å². The Balaban J connectivity index is 2.97. The number of hydrogen-bond acceptors (Lipinski definition) is 2. The molecular weight excluding hydrogens is 326 g/mol. The van der Waals surface area contributed by atoms with Crippen molar-refractivity contribution in [2.75, 3.05) is 5.33 Å². The van der Waals surface area contributed by atoms with E-state index in [0.717, 1.165) is 17.3 Å². The normalized spacial score (nSPS) is 14.4. The highest BCUT2D eigenvalue weighted by atomic mass is 79.9. The van der Waals surface area contributed by atoms with Crippen LogP contribution in [0.4, 0.5) is 0 Å². The van der Waals surface area contributed by atoms with Crippen LogP contribution in [0.5, 0.6) is 0 Å². The minimum absolute atomic E-state index is 0.0989. The monoisotopic (exact) mass is 347 g/mol. The Morgan fingerprint density at radius 2 is 1.74 bits per heavy atom. The smallest absolute Gasteiger partial charge is 0.208 e. The van der Waals surface area contributed by atoms with Crippen LogP contribution in [0.15, 0.2) is 29.2 Å². The number of alkyl halides is 1. The van der Waals surface area contributed by atoms with Crippen LogP contribution < -0.4 is 4.72 Å². The van der Waals surface area contributed by atoms with Gasteiger partial charge in [0.15, 0.2) is 0 Å². The van der Waals surface area contributed by atoms with Crippen LogP contribution in [0.3, 0.4) is 0 Å². The molecule has 3 nitrogen and oxygen atoms in total. The van der Waals surface area contributed by atoms with Crippen molar-refractivity contribution >= 4 is 26.0 Å². The topological polar surface area (TPSA) is 46.2 Å². The van der Waals surface area contributed by atoms with Gasteiger partial charge in [0.25, 0.3) is 0 Å². The van der Waals surface area contributed by atoms with Gasteiger partial charge in [-0.2, -0.15) is 0 Å². The fourth-order valence-corrected chi connectivity index (χ4v) is 3.68. The Morgan fingerprint density at radius 1 is 1.21 bits per heavy atom. The van der Waals surface area contributed by atoms with Crippen LogP contribution in [0, 0.1) is 12.3 Å². The molecule has 0 aliphatic carbocycles. The summed E-state index contributed by atoms with van der Waals surface area (Å²) < 4.78 is 27.5. The highest BCUT2D eigenvalue weighted by Crippen LogP contribution is 2.24. The van der Waals surface area contributed by atoms with Gasteiger partial charge in [-0.15, -0.1) is 0 Å². The van der Waals surface area contributed by atoms with Gasteiger partial charge in [0.2, 0.25) is 10.0 Å². The van der Waals surface area contributed by atoms with Crippen LogP contribution in [-0.4, -0.2) is 19.8 Å². The Labute approximate surface area is 125 Å². The molecular formula is C14H22BrNO2S. The molecule has 0 fully saturated rings. The van der Waals surface area contributed by atoms with E-state index in [-0.39, 0.29) is 11.5 Å². The van der Waals surface area contributed by atoms with Crippen molar-refractivity contribution in [2.45, 2.75) is 45.1 Å². The number of hydrogen-bond donors (Lipinski definition) is 1.